The lowest BCUT2D eigenvalue weighted by Crippen LogP contribution is -2.52. The average molecular weight is 270 g/mol. The van der Waals surface area contributed by atoms with Crippen molar-refractivity contribution >= 4 is 16.0 Å². The van der Waals surface area contributed by atoms with Gasteiger partial charge >= 0.3 is 10.1 Å². The molecule has 1 atom stereocenters. The number of amides is 1. The predicted octanol–water partition coefficient (Wildman–Crippen LogP) is -1.21. The monoisotopic (exact) mass is 270 g/mol. The summed E-state index contributed by atoms with van der Waals surface area (Å²) in [6.07, 6.45) is 5.99. The third-order valence-corrected chi connectivity index (χ3v) is 3.12. The molecule has 0 radical (unpaired) electrons. The predicted molar refractivity (Wildman–Crippen MR) is 60.4 cm³/mol. The third kappa shape index (κ3) is 2.81. The lowest BCUT2D eigenvalue weighted by atomic mass is 10.1. The van der Waals surface area contributed by atoms with Crippen molar-refractivity contribution in [1.82, 2.24) is 20.6 Å². The maximum absolute atomic E-state index is 11.6. The molecule has 1 aliphatic heterocycles. The van der Waals surface area contributed by atoms with Gasteiger partial charge in [0.05, 0.1) is 0 Å². The first kappa shape index (κ1) is 12.5. The first-order valence-electron chi connectivity index (χ1n) is 4.93. The van der Waals surface area contributed by atoms with Crippen LogP contribution in [-0.4, -0.2) is 34.3 Å². The van der Waals surface area contributed by atoms with Gasteiger partial charge in [-0.2, -0.15) is 8.42 Å². The zero-order valence-electron chi connectivity index (χ0n) is 9.07. The largest absolute Gasteiger partial charge is 0.356 e. The Hall–Kier alpha value is -2.00. The van der Waals surface area contributed by atoms with E-state index >= 15 is 0 Å². The standard InChI is InChI=1S/C9H10N4O4S/c14-8-7(1-6-2-10-5-11-3-6)4-12-9(13-8)18(15,16)17/h2-5,9,12H,1H2,(H,13,14)(H,15,16,17). The zero-order chi connectivity index (χ0) is 13.2. The van der Waals surface area contributed by atoms with E-state index in [9.17, 15) is 13.2 Å². The van der Waals surface area contributed by atoms with Gasteiger partial charge in [-0.25, -0.2) is 9.97 Å². The Labute approximate surface area is 103 Å². The normalized spacial score (nSPS) is 19.7. The number of nitrogens with zero attached hydrogens (tertiary/aromatic N) is 2. The van der Waals surface area contributed by atoms with E-state index in [0.717, 1.165) is 0 Å². The van der Waals surface area contributed by atoms with Gasteiger partial charge in [-0.15, -0.1) is 0 Å². The summed E-state index contributed by atoms with van der Waals surface area (Å²) in [4.78, 5) is 19.2. The van der Waals surface area contributed by atoms with E-state index in [-0.39, 0.29) is 6.42 Å². The number of carbonyl (C=O) groups excluding carboxylic acids is 1. The Morgan fingerprint density at radius 1 is 1.33 bits per heavy atom. The maximum atomic E-state index is 11.6. The molecule has 1 aromatic rings. The molecule has 2 rings (SSSR count). The van der Waals surface area contributed by atoms with Gasteiger partial charge in [0.25, 0.3) is 5.91 Å². The van der Waals surface area contributed by atoms with Crippen molar-refractivity contribution in [3.63, 3.8) is 0 Å². The first-order valence-corrected chi connectivity index (χ1v) is 6.43. The lowest BCUT2D eigenvalue weighted by molar-refractivity contribution is -0.118. The molecule has 0 saturated heterocycles. The van der Waals surface area contributed by atoms with Gasteiger partial charge in [0.2, 0.25) is 5.50 Å². The quantitative estimate of drug-likeness (QED) is 0.589. The molecule has 3 N–H and O–H groups in total. The number of nitrogens with one attached hydrogen (secondary N) is 2. The molecular weight excluding hydrogens is 260 g/mol. The molecule has 2 heterocycles. The van der Waals surface area contributed by atoms with E-state index in [2.05, 4.69) is 20.6 Å². The van der Waals surface area contributed by atoms with Gasteiger partial charge in [0, 0.05) is 30.6 Å². The summed E-state index contributed by atoms with van der Waals surface area (Å²) in [6, 6.07) is 0. The number of rotatable bonds is 3. The summed E-state index contributed by atoms with van der Waals surface area (Å²) in [5, 5.41) is 4.52. The summed E-state index contributed by atoms with van der Waals surface area (Å²) in [5.74, 6) is -0.569. The van der Waals surface area contributed by atoms with Crippen LogP contribution >= 0.6 is 0 Å². The molecule has 1 unspecified atom stereocenters. The molecule has 0 aromatic carbocycles. The highest BCUT2D eigenvalue weighted by Gasteiger charge is 2.28. The maximum Gasteiger partial charge on any atom is 0.305 e. The van der Waals surface area contributed by atoms with Crippen LogP contribution in [-0.2, 0) is 21.3 Å². The minimum atomic E-state index is -4.37. The molecule has 9 heteroatoms. The topological polar surface area (TPSA) is 121 Å². The van der Waals surface area contributed by atoms with Crippen LogP contribution in [0.25, 0.3) is 0 Å². The highest BCUT2D eigenvalue weighted by molar-refractivity contribution is 7.86. The molecule has 8 nitrogen and oxygen atoms in total. The van der Waals surface area contributed by atoms with Crippen molar-refractivity contribution < 1.29 is 17.8 Å². The molecule has 96 valence electrons. The fourth-order valence-corrected chi connectivity index (χ4v) is 1.92. The van der Waals surface area contributed by atoms with E-state index in [1.165, 1.54) is 12.5 Å². The number of aromatic nitrogens is 2. The van der Waals surface area contributed by atoms with Crippen LogP contribution in [0.2, 0.25) is 0 Å². The van der Waals surface area contributed by atoms with Crippen molar-refractivity contribution in [2.45, 2.75) is 11.9 Å². The summed E-state index contributed by atoms with van der Waals surface area (Å²) < 4.78 is 30.4. The second kappa shape index (κ2) is 4.70. The van der Waals surface area contributed by atoms with Crippen LogP contribution in [0.1, 0.15) is 5.56 Å². The highest BCUT2D eigenvalue weighted by Crippen LogP contribution is 2.09. The summed E-state index contributed by atoms with van der Waals surface area (Å²) in [7, 11) is -4.37. The van der Waals surface area contributed by atoms with Crippen LogP contribution in [0, 0.1) is 0 Å². The molecule has 0 saturated carbocycles. The second-order valence-electron chi connectivity index (χ2n) is 3.63. The van der Waals surface area contributed by atoms with E-state index in [4.69, 9.17) is 4.55 Å². The molecule has 1 aromatic heterocycles. The zero-order valence-corrected chi connectivity index (χ0v) is 9.88. The first-order chi connectivity index (χ1) is 8.47. The smallest absolute Gasteiger partial charge is 0.305 e. The number of hydrogen-bond acceptors (Lipinski definition) is 6. The van der Waals surface area contributed by atoms with Gasteiger partial charge in [-0.05, 0) is 5.56 Å². The molecule has 1 amide bonds. The van der Waals surface area contributed by atoms with Crippen LogP contribution < -0.4 is 10.6 Å². The molecule has 0 bridgehead atoms. The van der Waals surface area contributed by atoms with Crippen molar-refractivity contribution in [3.8, 4) is 0 Å². The Morgan fingerprint density at radius 2 is 2.00 bits per heavy atom. The second-order valence-corrected chi connectivity index (χ2v) is 5.13. The van der Waals surface area contributed by atoms with Crippen molar-refractivity contribution in [2.75, 3.05) is 0 Å². The Balaban J connectivity index is 2.13. The van der Waals surface area contributed by atoms with E-state index in [0.29, 0.717) is 11.1 Å². The van der Waals surface area contributed by atoms with E-state index < -0.39 is 21.5 Å². The molecule has 1 aliphatic rings. The lowest BCUT2D eigenvalue weighted by Gasteiger charge is -2.22. The summed E-state index contributed by atoms with van der Waals surface area (Å²) in [6.45, 7) is 0. The average Bonchev–Trinajstić information content (AvgIpc) is 2.32. The fourth-order valence-electron chi connectivity index (χ4n) is 1.43. The van der Waals surface area contributed by atoms with Crippen LogP contribution in [0.4, 0.5) is 0 Å². The van der Waals surface area contributed by atoms with Crippen molar-refractivity contribution in [2.24, 2.45) is 0 Å². The molecule has 0 fully saturated rings. The van der Waals surface area contributed by atoms with Crippen LogP contribution in [0.15, 0.2) is 30.5 Å². The van der Waals surface area contributed by atoms with Gasteiger partial charge in [0.15, 0.2) is 0 Å². The summed E-state index contributed by atoms with van der Waals surface area (Å²) >= 11 is 0. The van der Waals surface area contributed by atoms with Gasteiger partial charge in [-0.1, -0.05) is 0 Å². The number of carbonyl (C=O) groups is 1. The SMILES string of the molecule is O=C1NC(S(=O)(=O)O)NC=C1Cc1cncnc1. The van der Waals surface area contributed by atoms with Crippen molar-refractivity contribution in [1.29, 1.82) is 0 Å². The highest BCUT2D eigenvalue weighted by atomic mass is 32.2. The van der Waals surface area contributed by atoms with Crippen LogP contribution in [0.3, 0.4) is 0 Å². The minimum absolute atomic E-state index is 0.262. The van der Waals surface area contributed by atoms with Gasteiger partial charge in [-0.3, -0.25) is 9.35 Å². The van der Waals surface area contributed by atoms with E-state index in [1.54, 1.807) is 12.4 Å². The Kier molecular flexibility index (Phi) is 3.26. The minimum Gasteiger partial charge on any atom is -0.356 e. The van der Waals surface area contributed by atoms with Gasteiger partial charge < -0.3 is 10.6 Å². The summed E-state index contributed by atoms with van der Waals surface area (Å²) in [5.41, 5.74) is -0.475. The number of hydrogen-bond donors (Lipinski definition) is 3. The van der Waals surface area contributed by atoms with E-state index in [1.807, 2.05) is 0 Å². The van der Waals surface area contributed by atoms with Gasteiger partial charge in [0.1, 0.15) is 6.33 Å². The Bertz CT molecular complexity index is 584. The Morgan fingerprint density at radius 3 is 2.56 bits per heavy atom. The molecule has 0 spiro atoms. The fraction of sp³-hybridized carbons (Fsp3) is 0.222. The molecular formula is C9H10N4O4S. The van der Waals surface area contributed by atoms with Crippen molar-refractivity contribution in [3.05, 3.63) is 36.1 Å². The molecule has 18 heavy (non-hydrogen) atoms. The molecule has 0 aliphatic carbocycles. The van der Waals surface area contributed by atoms with Crippen LogP contribution in [0.5, 0.6) is 0 Å². The third-order valence-electron chi connectivity index (χ3n) is 2.27.